The van der Waals surface area contributed by atoms with Gasteiger partial charge in [0.1, 0.15) is 17.9 Å². The molecule has 2 aromatic heterocycles. The first-order valence-electron chi connectivity index (χ1n) is 8.80. The quantitative estimate of drug-likeness (QED) is 0.663. The molecule has 1 aliphatic rings. The lowest BCUT2D eigenvalue weighted by molar-refractivity contribution is -0.150. The van der Waals surface area contributed by atoms with Crippen molar-refractivity contribution in [2.45, 2.75) is 33.3 Å². The number of fused-ring (bicyclic) bond motifs is 1. The van der Waals surface area contributed by atoms with Crippen LogP contribution in [-0.2, 0) is 16.1 Å². The van der Waals surface area contributed by atoms with Crippen molar-refractivity contribution in [3.05, 3.63) is 41.3 Å². The molecule has 1 aromatic carbocycles. The Balaban J connectivity index is 1.33. The summed E-state index contributed by atoms with van der Waals surface area (Å²) in [4.78, 5) is 19.0. The van der Waals surface area contributed by atoms with Gasteiger partial charge in [-0.2, -0.15) is 4.98 Å². The van der Waals surface area contributed by atoms with Gasteiger partial charge in [-0.05, 0) is 38.8 Å². The Morgan fingerprint density at radius 1 is 1.27 bits per heavy atom. The Labute approximate surface area is 150 Å². The average molecular weight is 355 g/mol. The molecule has 7 heteroatoms. The van der Waals surface area contributed by atoms with Crippen molar-refractivity contribution in [3.8, 4) is 0 Å². The lowest BCUT2D eigenvalue weighted by Crippen LogP contribution is -2.37. The number of piperidine rings is 1. The van der Waals surface area contributed by atoms with Gasteiger partial charge in [-0.1, -0.05) is 17.3 Å². The number of hydrogen-bond acceptors (Lipinski definition) is 7. The summed E-state index contributed by atoms with van der Waals surface area (Å²) in [5.74, 6) is 0.430. The monoisotopic (exact) mass is 355 g/mol. The van der Waals surface area contributed by atoms with Crippen LogP contribution < -0.4 is 4.90 Å². The number of benzene rings is 1. The van der Waals surface area contributed by atoms with Gasteiger partial charge < -0.3 is 18.6 Å². The van der Waals surface area contributed by atoms with E-state index in [1.807, 2.05) is 38.1 Å². The molecule has 0 amide bonds. The summed E-state index contributed by atoms with van der Waals surface area (Å²) in [6.45, 7) is 5.32. The number of aryl methyl sites for hydroxylation is 2. The fraction of sp³-hybridized carbons (Fsp3) is 0.421. The van der Waals surface area contributed by atoms with Crippen LogP contribution in [0, 0.1) is 19.8 Å². The van der Waals surface area contributed by atoms with Crippen LogP contribution in [0.25, 0.3) is 11.1 Å². The van der Waals surface area contributed by atoms with E-state index in [0.29, 0.717) is 11.8 Å². The SMILES string of the molecule is Cc1noc(C)c1COC(=O)C1CCN(c2nc3ccccc3o2)CC1. The van der Waals surface area contributed by atoms with Gasteiger partial charge in [0.25, 0.3) is 6.01 Å². The van der Waals surface area contributed by atoms with Crippen molar-refractivity contribution >= 4 is 23.1 Å². The van der Waals surface area contributed by atoms with Crippen LogP contribution in [0.2, 0.25) is 0 Å². The minimum absolute atomic E-state index is 0.101. The van der Waals surface area contributed by atoms with E-state index in [2.05, 4.69) is 15.0 Å². The van der Waals surface area contributed by atoms with Crippen molar-refractivity contribution in [1.82, 2.24) is 10.1 Å². The molecule has 0 unspecified atom stereocenters. The first kappa shape index (κ1) is 16.6. The number of ether oxygens (including phenoxy) is 1. The van der Waals surface area contributed by atoms with Crippen LogP contribution in [0.3, 0.4) is 0 Å². The predicted octanol–water partition coefficient (Wildman–Crippen LogP) is 3.39. The van der Waals surface area contributed by atoms with Crippen molar-refractivity contribution in [2.75, 3.05) is 18.0 Å². The largest absolute Gasteiger partial charge is 0.460 e. The molecule has 0 aliphatic carbocycles. The number of oxazole rings is 1. The van der Waals surface area contributed by atoms with Gasteiger partial charge in [0.2, 0.25) is 0 Å². The van der Waals surface area contributed by atoms with Gasteiger partial charge in [0.15, 0.2) is 5.58 Å². The van der Waals surface area contributed by atoms with Crippen molar-refractivity contribution in [1.29, 1.82) is 0 Å². The number of para-hydroxylation sites is 2. The third-order valence-electron chi connectivity index (χ3n) is 4.92. The van der Waals surface area contributed by atoms with E-state index in [-0.39, 0.29) is 18.5 Å². The molecule has 0 saturated carbocycles. The van der Waals surface area contributed by atoms with Crippen molar-refractivity contribution in [2.24, 2.45) is 5.92 Å². The standard InChI is InChI=1S/C19H21N3O4/c1-12-15(13(2)26-21-12)11-24-18(23)14-7-9-22(10-8-14)19-20-16-5-3-4-6-17(16)25-19/h3-6,14H,7-11H2,1-2H3. The summed E-state index contributed by atoms with van der Waals surface area (Å²) in [6.07, 6.45) is 1.44. The van der Waals surface area contributed by atoms with Crippen molar-refractivity contribution < 1.29 is 18.5 Å². The number of aromatic nitrogens is 2. The number of carbonyl (C=O) groups is 1. The normalized spacial score (nSPS) is 15.5. The zero-order valence-electron chi connectivity index (χ0n) is 14.9. The molecule has 1 saturated heterocycles. The van der Waals surface area contributed by atoms with E-state index in [4.69, 9.17) is 13.7 Å². The number of esters is 1. The number of anilines is 1. The van der Waals surface area contributed by atoms with E-state index in [9.17, 15) is 4.79 Å². The molecule has 0 spiro atoms. The van der Waals surface area contributed by atoms with Gasteiger partial charge in [0, 0.05) is 13.1 Å². The smallest absolute Gasteiger partial charge is 0.309 e. The third kappa shape index (κ3) is 3.16. The highest BCUT2D eigenvalue weighted by Crippen LogP contribution is 2.27. The molecule has 136 valence electrons. The summed E-state index contributed by atoms with van der Waals surface area (Å²) in [7, 11) is 0. The van der Waals surface area contributed by atoms with E-state index in [1.54, 1.807) is 0 Å². The third-order valence-corrected chi connectivity index (χ3v) is 4.92. The van der Waals surface area contributed by atoms with Crippen LogP contribution in [0.1, 0.15) is 29.9 Å². The molecule has 1 fully saturated rings. The van der Waals surface area contributed by atoms with Crippen LogP contribution in [-0.4, -0.2) is 29.2 Å². The van der Waals surface area contributed by atoms with Crippen LogP contribution in [0.5, 0.6) is 0 Å². The van der Waals surface area contributed by atoms with E-state index >= 15 is 0 Å². The summed E-state index contributed by atoms with van der Waals surface area (Å²) in [5.41, 5.74) is 3.25. The Morgan fingerprint density at radius 2 is 2.04 bits per heavy atom. The van der Waals surface area contributed by atoms with Crippen LogP contribution in [0.15, 0.2) is 33.2 Å². The highest BCUT2D eigenvalue weighted by atomic mass is 16.5. The second kappa shape index (κ2) is 6.82. The van der Waals surface area contributed by atoms with Gasteiger partial charge in [0.05, 0.1) is 17.2 Å². The first-order valence-corrected chi connectivity index (χ1v) is 8.80. The van der Waals surface area contributed by atoms with E-state index in [0.717, 1.165) is 48.3 Å². The molecule has 4 rings (SSSR count). The molecule has 1 aliphatic heterocycles. The predicted molar refractivity (Wildman–Crippen MR) is 94.7 cm³/mol. The molecule has 7 nitrogen and oxygen atoms in total. The van der Waals surface area contributed by atoms with E-state index in [1.165, 1.54) is 0 Å². The Kier molecular flexibility index (Phi) is 4.36. The van der Waals surface area contributed by atoms with Gasteiger partial charge in [-0.3, -0.25) is 4.79 Å². The topological polar surface area (TPSA) is 81.6 Å². The minimum atomic E-state index is -0.165. The Morgan fingerprint density at radius 3 is 2.73 bits per heavy atom. The molecular formula is C19H21N3O4. The Hall–Kier alpha value is -2.83. The Bertz CT molecular complexity index is 869. The maximum absolute atomic E-state index is 12.4. The lowest BCUT2D eigenvalue weighted by atomic mass is 9.97. The first-order chi connectivity index (χ1) is 12.6. The molecule has 3 aromatic rings. The molecule has 0 atom stereocenters. The summed E-state index contributed by atoms with van der Waals surface area (Å²) in [6, 6.07) is 8.33. The van der Waals surface area contributed by atoms with Gasteiger partial charge in [-0.25, -0.2) is 0 Å². The highest BCUT2D eigenvalue weighted by molar-refractivity contribution is 5.75. The molecule has 0 bridgehead atoms. The van der Waals surface area contributed by atoms with Crippen LogP contribution in [0.4, 0.5) is 6.01 Å². The summed E-state index contributed by atoms with van der Waals surface area (Å²) >= 11 is 0. The van der Waals surface area contributed by atoms with Gasteiger partial charge in [-0.15, -0.1) is 0 Å². The molecule has 0 N–H and O–H groups in total. The lowest BCUT2D eigenvalue weighted by Gasteiger charge is -2.29. The fourth-order valence-electron chi connectivity index (χ4n) is 3.27. The summed E-state index contributed by atoms with van der Waals surface area (Å²) < 4.78 is 16.4. The molecule has 0 radical (unpaired) electrons. The van der Waals surface area contributed by atoms with Crippen LogP contribution >= 0.6 is 0 Å². The van der Waals surface area contributed by atoms with E-state index < -0.39 is 0 Å². The maximum Gasteiger partial charge on any atom is 0.309 e. The minimum Gasteiger partial charge on any atom is -0.460 e. The van der Waals surface area contributed by atoms with Gasteiger partial charge >= 0.3 is 5.97 Å². The fourth-order valence-corrected chi connectivity index (χ4v) is 3.27. The molecule has 26 heavy (non-hydrogen) atoms. The average Bonchev–Trinajstić information content (AvgIpc) is 3.23. The number of nitrogens with zero attached hydrogens (tertiary/aromatic N) is 3. The number of rotatable bonds is 4. The van der Waals surface area contributed by atoms with Crippen molar-refractivity contribution in [3.63, 3.8) is 0 Å². The maximum atomic E-state index is 12.4. The highest BCUT2D eigenvalue weighted by Gasteiger charge is 2.28. The zero-order valence-corrected chi connectivity index (χ0v) is 14.9. The second-order valence-electron chi connectivity index (χ2n) is 6.64. The second-order valence-corrected chi connectivity index (χ2v) is 6.64. The number of carbonyl (C=O) groups excluding carboxylic acids is 1. The molecule has 3 heterocycles. The molecular weight excluding hydrogens is 334 g/mol. The zero-order chi connectivity index (χ0) is 18.1. The summed E-state index contributed by atoms with van der Waals surface area (Å²) in [5, 5.41) is 3.88. The number of hydrogen-bond donors (Lipinski definition) is 0.